The van der Waals surface area contributed by atoms with Gasteiger partial charge >= 0.3 is 12.3 Å². The van der Waals surface area contributed by atoms with E-state index in [2.05, 4.69) is 4.98 Å². The molecule has 0 saturated carbocycles. The molecule has 6 nitrogen and oxygen atoms in total. The normalized spacial score (nSPS) is 16.4. The van der Waals surface area contributed by atoms with Crippen molar-refractivity contribution in [2.75, 3.05) is 25.2 Å². The lowest BCUT2D eigenvalue weighted by Crippen LogP contribution is -2.29. The molecule has 0 radical (unpaired) electrons. The lowest BCUT2D eigenvalue weighted by Gasteiger charge is -2.25. The van der Waals surface area contributed by atoms with Crippen LogP contribution in [0.2, 0.25) is 0 Å². The zero-order valence-corrected chi connectivity index (χ0v) is 11.8. The van der Waals surface area contributed by atoms with Crippen LogP contribution in [0.3, 0.4) is 0 Å². The highest BCUT2D eigenvalue weighted by atomic mass is 19.4. The molecule has 1 fully saturated rings. The number of rotatable bonds is 3. The van der Waals surface area contributed by atoms with Crippen LogP contribution in [-0.4, -0.2) is 42.5 Å². The van der Waals surface area contributed by atoms with Crippen LogP contribution in [0, 0.1) is 0 Å². The molecule has 22 heavy (non-hydrogen) atoms. The fourth-order valence-electron chi connectivity index (χ4n) is 1.99. The van der Waals surface area contributed by atoms with Crippen molar-refractivity contribution in [3.05, 3.63) is 17.8 Å². The first-order valence-corrected chi connectivity index (χ1v) is 6.58. The number of anilines is 1. The highest BCUT2D eigenvalue weighted by molar-refractivity contribution is 5.87. The van der Waals surface area contributed by atoms with E-state index in [4.69, 9.17) is 14.6 Å². The molecule has 0 bridgehead atoms. The molecule has 0 aliphatic carbocycles. The van der Waals surface area contributed by atoms with Gasteiger partial charge in [-0.1, -0.05) is 0 Å². The van der Waals surface area contributed by atoms with E-state index in [-0.39, 0.29) is 17.7 Å². The van der Waals surface area contributed by atoms with E-state index in [0.717, 1.165) is 17.0 Å². The van der Waals surface area contributed by atoms with E-state index in [1.54, 1.807) is 0 Å². The van der Waals surface area contributed by atoms with E-state index in [1.807, 2.05) is 0 Å². The third-order valence-electron chi connectivity index (χ3n) is 3.23. The molecule has 122 valence electrons. The molecule has 0 atom stereocenters. The topological polar surface area (TPSA) is 71.9 Å². The van der Waals surface area contributed by atoms with Gasteiger partial charge in [0.1, 0.15) is 17.5 Å². The van der Waals surface area contributed by atoms with Crippen molar-refractivity contribution in [1.82, 2.24) is 4.98 Å². The first kappa shape index (κ1) is 16.3. The highest BCUT2D eigenvalue weighted by Gasteiger charge is 2.34. The molecular weight excluding hydrogens is 305 g/mol. The molecule has 1 aliphatic rings. The van der Waals surface area contributed by atoms with Gasteiger partial charge in [-0.15, -0.1) is 0 Å². The van der Waals surface area contributed by atoms with Crippen LogP contribution in [-0.2, 0) is 10.9 Å². The Bertz CT molecular complexity index is 545. The van der Waals surface area contributed by atoms with Crippen LogP contribution in [0.1, 0.15) is 18.5 Å². The first-order valence-electron chi connectivity index (χ1n) is 6.58. The molecule has 1 amide bonds. The maximum atomic E-state index is 12.8. The monoisotopic (exact) mass is 320 g/mol. The number of hydrogen-bond donors (Lipinski definition) is 1. The summed E-state index contributed by atoms with van der Waals surface area (Å²) in [5.74, 6) is -0.341. The smallest absolute Gasteiger partial charge is 0.433 e. The zero-order valence-electron chi connectivity index (χ0n) is 11.8. The number of aromatic nitrogens is 1. The fourth-order valence-corrected chi connectivity index (χ4v) is 1.99. The number of alkyl halides is 3. The lowest BCUT2D eigenvalue weighted by molar-refractivity contribution is -0.141. The maximum Gasteiger partial charge on any atom is 0.433 e. The van der Waals surface area contributed by atoms with Gasteiger partial charge in [0.15, 0.2) is 0 Å². The lowest BCUT2D eigenvalue weighted by atomic mass is 10.1. The summed E-state index contributed by atoms with van der Waals surface area (Å²) < 4.78 is 49.0. The van der Waals surface area contributed by atoms with E-state index >= 15 is 0 Å². The van der Waals surface area contributed by atoms with E-state index < -0.39 is 18.0 Å². The Morgan fingerprint density at radius 3 is 2.59 bits per heavy atom. The summed E-state index contributed by atoms with van der Waals surface area (Å²) >= 11 is 0. The van der Waals surface area contributed by atoms with Gasteiger partial charge in [0.25, 0.3) is 0 Å². The molecule has 1 N–H and O–H groups in total. The minimum Gasteiger partial charge on any atom is -0.473 e. The number of ether oxygens (including phenoxy) is 2. The van der Waals surface area contributed by atoms with Crippen molar-refractivity contribution in [3.63, 3.8) is 0 Å². The molecule has 9 heteroatoms. The van der Waals surface area contributed by atoms with E-state index in [9.17, 15) is 18.0 Å². The first-order chi connectivity index (χ1) is 10.3. The minimum atomic E-state index is -4.63. The predicted molar refractivity (Wildman–Crippen MR) is 70.1 cm³/mol. The second-order valence-corrected chi connectivity index (χ2v) is 4.79. The fraction of sp³-hybridized carbons (Fsp3) is 0.538. The van der Waals surface area contributed by atoms with Gasteiger partial charge in [0.2, 0.25) is 5.88 Å². The average Bonchev–Trinajstić information content (AvgIpc) is 2.46. The van der Waals surface area contributed by atoms with Crippen molar-refractivity contribution in [3.8, 4) is 5.88 Å². The quantitative estimate of drug-likeness (QED) is 0.927. The number of amides is 1. The molecule has 0 unspecified atom stereocenters. The van der Waals surface area contributed by atoms with Crippen molar-refractivity contribution in [2.45, 2.75) is 25.1 Å². The van der Waals surface area contributed by atoms with Crippen LogP contribution in [0.4, 0.5) is 23.7 Å². The number of halogens is 3. The van der Waals surface area contributed by atoms with Crippen LogP contribution in [0.15, 0.2) is 12.1 Å². The average molecular weight is 320 g/mol. The Kier molecular flexibility index (Phi) is 4.74. The zero-order chi connectivity index (χ0) is 16.3. The minimum absolute atomic E-state index is 0.0352. The number of carboxylic acid groups (broad SMARTS) is 1. The van der Waals surface area contributed by atoms with Gasteiger partial charge in [-0.3, -0.25) is 4.90 Å². The van der Waals surface area contributed by atoms with Gasteiger partial charge in [-0.2, -0.15) is 13.2 Å². The Hall–Kier alpha value is -2.03. The Balaban J connectivity index is 2.33. The van der Waals surface area contributed by atoms with Crippen molar-refractivity contribution >= 4 is 11.8 Å². The molecule has 2 rings (SSSR count). The van der Waals surface area contributed by atoms with Crippen molar-refractivity contribution < 1.29 is 32.5 Å². The largest absolute Gasteiger partial charge is 0.473 e. The third kappa shape index (κ3) is 3.79. The van der Waals surface area contributed by atoms with Gasteiger partial charge in [-0.05, 0) is 12.1 Å². The van der Waals surface area contributed by atoms with Gasteiger partial charge in [-0.25, -0.2) is 9.78 Å². The number of hydrogen-bond acceptors (Lipinski definition) is 4. The van der Waals surface area contributed by atoms with Crippen LogP contribution in [0.5, 0.6) is 5.88 Å². The summed E-state index contributed by atoms with van der Waals surface area (Å²) in [5, 5.41) is 9.00. The second kappa shape index (κ2) is 6.39. The summed E-state index contributed by atoms with van der Waals surface area (Å²) in [6.45, 7) is 0.876. The van der Waals surface area contributed by atoms with E-state index in [1.165, 1.54) is 7.05 Å². The Morgan fingerprint density at radius 1 is 1.41 bits per heavy atom. The molecule has 0 spiro atoms. The SMILES string of the molecule is CN(C(=O)O)c1ccc(C(F)(F)F)nc1OC1CCOCC1. The number of carbonyl (C=O) groups is 1. The van der Waals surface area contributed by atoms with Gasteiger partial charge in [0.05, 0.1) is 13.2 Å². The molecule has 1 aromatic heterocycles. The highest BCUT2D eigenvalue weighted by Crippen LogP contribution is 2.34. The molecule has 1 aromatic rings. The second-order valence-electron chi connectivity index (χ2n) is 4.79. The standard InChI is InChI=1S/C13H15F3N2O4/c1-18(12(19)20)9-2-3-10(13(14,15)16)17-11(9)22-8-4-6-21-7-5-8/h2-3,8H,4-7H2,1H3,(H,19,20). The third-order valence-corrected chi connectivity index (χ3v) is 3.23. The Labute approximate surface area is 124 Å². The predicted octanol–water partition coefficient (Wildman–Crippen LogP) is 2.77. The summed E-state index contributed by atoms with van der Waals surface area (Å²) in [6.07, 6.45) is -5.29. The summed E-state index contributed by atoms with van der Waals surface area (Å²) in [5.41, 5.74) is -1.16. The van der Waals surface area contributed by atoms with Gasteiger partial charge in [0, 0.05) is 19.9 Å². The maximum absolute atomic E-state index is 12.8. The van der Waals surface area contributed by atoms with Crippen LogP contribution >= 0.6 is 0 Å². The molecule has 1 aliphatic heterocycles. The van der Waals surface area contributed by atoms with Crippen LogP contribution < -0.4 is 9.64 Å². The summed E-state index contributed by atoms with van der Waals surface area (Å²) in [4.78, 5) is 15.2. The van der Waals surface area contributed by atoms with Crippen molar-refractivity contribution in [1.29, 1.82) is 0 Å². The molecular formula is C13H15F3N2O4. The summed E-state index contributed by atoms with van der Waals surface area (Å²) in [7, 11) is 1.21. The number of pyridine rings is 1. The summed E-state index contributed by atoms with van der Waals surface area (Å²) in [6, 6.07) is 1.77. The molecule has 2 heterocycles. The number of nitrogens with zero attached hydrogens (tertiary/aromatic N) is 2. The van der Waals surface area contributed by atoms with Gasteiger partial charge < -0.3 is 14.6 Å². The Morgan fingerprint density at radius 2 is 2.05 bits per heavy atom. The van der Waals surface area contributed by atoms with Crippen LogP contribution in [0.25, 0.3) is 0 Å². The van der Waals surface area contributed by atoms with Crippen molar-refractivity contribution in [2.24, 2.45) is 0 Å². The molecule has 1 saturated heterocycles. The molecule has 0 aromatic carbocycles. The van der Waals surface area contributed by atoms with E-state index in [0.29, 0.717) is 26.1 Å².